The lowest BCUT2D eigenvalue weighted by atomic mass is 10.1. The number of benzene rings is 2. The Balaban J connectivity index is 2.00. The van der Waals surface area contributed by atoms with Crippen molar-refractivity contribution in [3.8, 4) is 11.3 Å². The smallest absolute Gasteiger partial charge is 0.267 e. The molecule has 0 unspecified atom stereocenters. The van der Waals surface area contributed by atoms with Crippen molar-refractivity contribution in [3.63, 3.8) is 0 Å². The lowest BCUT2D eigenvalue weighted by Crippen LogP contribution is -2.23. The van der Waals surface area contributed by atoms with Crippen LogP contribution in [0.4, 0.5) is 0 Å². The minimum Gasteiger partial charge on any atom is -0.268 e. The zero-order valence-corrected chi connectivity index (χ0v) is 12.8. The maximum Gasteiger partial charge on any atom is 0.267 e. The Morgan fingerprint density at radius 1 is 0.905 bits per heavy atom. The van der Waals surface area contributed by atoms with Crippen LogP contribution in [0.1, 0.15) is 5.56 Å². The fraction of sp³-hybridized carbons (Fsp3) is 0.0588. The molecule has 21 heavy (non-hydrogen) atoms. The molecule has 0 amide bonds. The van der Waals surface area contributed by atoms with Crippen LogP contribution in [0.5, 0.6) is 0 Å². The van der Waals surface area contributed by atoms with E-state index >= 15 is 0 Å². The first-order valence-electron chi connectivity index (χ1n) is 6.61. The summed E-state index contributed by atoms with van der Waals surface area (Å²) in [6.45, 7) is 0.445. The normalized spacial score (nSPS) is 10.5. The van der Waals surface area contributed by atoms with E-state index in [9.17, 15) is 4.79 Å². The molecular weight excluding hydrogens is 328 g/mol. The van der Waals surface area contributed by atoms with E-state index in [1.165, 1.54) is 4.68 Å². The monoisotopic (exact) mass is 340 g/mol. The predicted octanol–water partition coefficient (Wildman–Crippen LogP) is 3.72. The number of aromatic nitrogens is 2. The van der Waals surface area contributed by atoms with E-state index in [4.69, 9.17) is 0 Å². The first-order valence-corrected chi connectivity index (χ1v) is 7.40. The number of nitrogens with zero attached hydrogens (tertiary/aromatic N) is 2. The van der Waals surface area contributed by atoms with E-state index in [2.05, 4.69) is 21.0 Å². The average Bonchev–Trinajstić information content (AvgIpc) is 2.52. The van der Waals surface area contributed by atoms with Crippen LogP contribution >= 0.6 is 15.9 Å². The summed E-state index contributed by atoms with van der Waals surface area (Å²) < 4.78 is 2.46. The summed E-state index contributed by atoms with van der Waals surface area (Å²) in [6, 6.07) is 21.0. The van der Waals surface area contributed by atoms with Gasteiger partial charge in [0, 0.05) is 16.1 Å². The van der Waals surface area contributed by atoms with Crippen molar-refractivity contribution in [1.29, 1.82) is 0 Å². The highest BCUT2D eigenvalue weighted by Crippen LogP contribution is 2.17. The number of rotatable bonds is 3. The molecule has 3 aromatic rings. The Morgan fingerprint density at radius 3 is 2.38 bits per heavy atom. The van der Waals surface area contributed by atoms with Crippen molar-refractivity contribution in [2.45, 2.75) is 6.54 Å². The minimum absolute atomic E-state index is 0.106. The second-order valence-electron chi connectivity index (χ2n) is 4.67. The largest absolute Gasteiger partial charge is 0.268 e. The quantitative estimate of drug-likeness (QED) is 0.728. The van der Waals surface area contributed by atoms with Gasteiger partial charge in [0.25, 0.3) is 5.56 Å². The summed E-state index contributed by atoms with van der Waals surface area (Å²) in [7, 11) is 0. The van der Waals surface area contributed by atoms with Gasteiger partial charge in [-0.1, -0.05) is 64.5 Å². The lowest BCUT2D eigenvalue weighted by molar-refractivity contribution is 0.641. The maximum absolute atomic E-state index is 12.0. The number of halogens is 1. The van der Waals surface area contributed by atoms with Gasteiger partial charge in [0.05, 0.1) is 12.2 Å². The highest BCUT2D eigenvalue weighted by molar-refractivity contribution is 9.10. The molecule has 0 aliphatic carbocycles. The standard InChI is InChI=1S/C17H13BrN2O/c18-15-9-5-4-8-14(15)12-20-17(21)11-10-16(19-20)13-6-2-1-3-7-13/h1-11H,12H2. The first-order chi connectivity index (χ1) is 10.2. The number of hydrogen-bond donors (Lipinski definition) is 0. The Bertz CT molecular complexity index is 812. The molecule has 0 saturated heterocycles. The van der Waals surface area contributed by atoms with E-state index in [-0.39, 0.29) is 5.56 Å². The van der Waals surface area contributed by atoms with Gasteiger partial charge in [0.2, 0.25) is 0 Å². The minimum atomic E-state index is -0.106. The number of hydrogen-bond acceptors (Lipinski definition) is 2. The second-order valence-corrected chi connectivity index (χ2v) is 5.53. The summed E-state index contributed by atoms with van der Waals surface area (Å²) >= 11 is 3.50. The molecule has 1 aromatic heterocycles. The fourth-order valence-corrected chi connectivity index (χ4v) is 2.52. The van der Waals surface area contributed by atoms with E-state index in [0.717, 1.165) is 21.3 Å². The summed E-state index contributed by atoms with van der Waals surface area (Å²) in [4.78, 5) is 12.0. The van der Waals surface area contributed by atoms with E-state index in [1.54, 1.807) is 12.1 Å². The van der Waals surface area contributed by atoms with Crippen molar-refractivity contribution >= 4 is 15.9 Å². The van der Waals surface area contributed by atoms with E-state index < -0.39 is 0 Å². The van der Waals surface area contributed by atoms with Gasteiger partial charge in [-0.25, -0.2) is 4.68 Å². The van der Waals surface area contributed by atoms with Crippen molar-refractivity contribution in [2.75, 3.05) is 0 Å². The third-order valence-corrected chi connectivity index (χ3v) is 3.99. The third-order valence-electron chi connectivity index (χ3n) is 3.21. The van der Waals surface area contributed by atoms with E-state index in [1.807, 2.05) is 54.6 Å². The van der Waals surface area contributed by atoms with Gasteiger partial charge in [-0.3, -0.25) is 4.79 Å². The highest BCUT2D eigenvalue weighted by Gasteiger charge is 2.05. The first kappa shape index (κ1) is 13.8. The topological polar surface area (TPSA) is 34.9 Å². The molecule has 104 valence electrons. The summed E-state index contributed by atoms with van der Waals surface area (Å²) in [6.07, 6.45) is 0. The van der Waals surface area contributed by atoms with Crippen LogP contribution < -0.4 is 5.56 Å². The maximum atomic E-state index is 12.0. The Hall–Kier alpha value is -2.20. The van der Waals surface area contributed by atoms with Crippen LogP contribution in [0.15, 0.2) is 76.0 Å². The van der Waals surface area contributed by atoms with Gasteiger partial charge in [0.1, 0.15) is 0 Å². The van der Waals surface area contributed by atoms with Crippen molar-refractivity contribution in [3.05, 3.63) is 87.1 Å². The average molecular weight is 341 g/mol. The predicted molar refractivity (Wildman–Crippen MR) is 87.2 cm³/mol. The van der Waals surface area contributed by atoms with Gasteiger partial charge in [-0.05, 0) is 17.7 Å². The molecular formula is C17H13BrN2O. The van der Waals surface area contributed by atoms with Crippen molar-refractivity contribution in [2.24, 2.45) is 0 Å². The van der Waals surface area contributed by atoms with Gasteiger partial charge >= 0.3 is 0 Å². The third kappa shape index (κ3) is 3.11. The molecule has 0 N–H and O–H groups in total. The molecule has 0 bridgehead atoms. The molecule has 0 radical (unpaired) electrons. The molecule has 1 heterocycles. The molecule has 0 saturated carbocycles. The van der Waals surface area contributed by atoms with Crippen LogP contribution in [-0.2, 0) is 6.54 Å². The molecule has 3 nitrogen and oxygen atoms in total. The van der Waals surface area contributed by atoms with E-state index in [0.29, 0.717) is 6.54 Å². The van der Waals surface area contributed by atoms with Crippen LogP contribution in [-0.4, -0.2) is 9.78 Å². The van der Waals surface area contributed by atoms with Gasteiger partial charge in [-0.15, -0.1) is 0 Å². The second kappa shape index (κ2) is 6.06. The molecule has 0 fully saturated rings. The summed E-state index contributed by atoms with van der Waals surface area (Å²) in [5.74, 6) is 0. The molecule has 0 atom stereocenters. The Morgan fingerprint density at radius 2 is 1.62 bits per heavy atom. The van der Waals surface area contributed by atoms with Crippen LogP contribution in [0, 0.1) is 0 Å². The Labute approximate surface area is 131 Å². The summed E-state index contributed by atoms with van der Waals surface area (Å²) in [5, 5.41) is 4.46. The fourth-order valence-electron chi connectivity index (χ4n) is 2.11. The van der Waals surface area contributed by atoms with Gasteiger partial charge in [-0.2, -0.15) is 5.10 Å². The summed E-state index contributed by atoms with van der Waals surface area (Å²) in [5.41, 5.74) is 2.71. The molecule has 0 spiro atoms. The zero-order valence-electron chi connectivity index (χ0n) is 11.2. The Kier molecular flexibility index (Phi) is 3.97. The van der Waals surface area contributed by atoms with Crippen LogP contribution in [0.25, 0.3) is 11.3 Å². The molecule has 2 aromatic carbocycles. The van der Waals surface area contributed by atoms with Crippen LogP contribution in [0.2, 0.25) is 0 Å². The molecule has 4 heteroatoms. The van der Waals surface area contributed by atoms with Gasteiger partial charge < -0.3 is 0 Å². The zero-order chi connectivity index (χ0) is 14.7. The van der Waals surface area contributed by atoms with Crippen molar-refractivity contribution < 1.29 is 0 Å². The molecule has 3 rings (SSSR count). The van der Waals surface area contributed by atoms with Crippen LogP contribution in [0.3, 0.4) is 0 Å². The molecule has 0 aliphatic rings. The SMILES string of the molecule is O=c1ccc(-c2ccccc2)nn1Cc1ccccc1Br. The van der Waals surface area contributed by atoms with Gasteiger partial charge in [0.15, 0.2) is 0 Å². The molecule has 0 aliphatic heterocycles. The van der Waals surface area contributed by atoms with Crippen molar-refractivity contribution in [1.82, 2.24) is 9.78 Å². The lowest BCUT2D eigenvalue weighted by Gasteiger charge is -2.08. The highest BCUT2D eigenvalue weighted by atomic mass is 79.9.